The average Bonchev–Trinajstić information content (AvgIpc) is 2.63. The van der Waals surface area contributed by atoms with Crippen molar-refractivity contribution in [2.45, 2.75) is 26.3 Å². The highest BCUT2D eigenvalue weighted by atomic mass is 16.5. The lowest BCUT2D eigenvalue weighted by Crippen LogP contribution is -2.47. The zero-order valence-electron chi connectivity index (χ0n) is 15.1. The van der Waals surface area contributed by atoms with Gasteiger partial charge in [0.2, 0.25) is 11.8 Å². The maximum atomic E-state index is 12.4. The number of nitrogens with one attached hydrogen (secondary N) is 2. The normalized spacial score (nSPS) is 14.2. The SMILES string of the molecule is CCNC(=O)[C@@H](C)NC(=O)COC(=O)CN1C(=O)Cc2ccccc2C1=O. The molecule has 4 amide bonds. The third-order valence-electron chi connectivity index (χ3n) is 3.91. The van der Waals surface area contributed by atoms with Gasteiger partial charge in [0.15, 0.2) is 6.61 Å². The lowest BCUT2D eigenvalue weighted by Gasteiger charge is -2.25. The van der Waals surface area contributed by atoms with Gasteiger partial charge in [-0.05, 0) is 25.5 Å². The number of hydrogen-bond donors (Lipinski definition) is 2. The number of benzene rings is 1. The number of hydrogen-bond acceptors (Lipinski definition) is 6. The largest absolute Gasteiger partial charge is 0.454 e. The number of ether oxygens (including phenoxy) is 1. The highest BCUT2D eigenvalue weighted by Crippen LogP contribution is 2.19. The maximum absolute atomic E-state index is 12.4. The maximum Gasteiger partial charge on any atom is 0.326 e. The van der Waals surface area contributed by atoms with Crippen LogP contribution >= 0.6 is 0 Å². The van der Waals surface area contributed by atoms with Gasteiger partial charge in [0.25, 0.3) is 11.8 Å². The van der Waals surface area contributed by atoms with Gasteiger partial charge in [0.05, 0.1) is 6.42 Å². The number of esters is 1. The first-order valence-electron chi connectivity index (χ1n) is 8.48. The van der Waals surface area contributed by atoms with Crippen molar-refractivity contribution in [1.82, 2.24) is 15.5 Å². The minimum atomic E-state index is -0.892. The van der Waals surface area contributed by atoms with E-state index in [4.69, 9.17) is 4.74 Å². The zero-order chi connectivity index (χ0) is 20.0. The quantitative estimate of drug-likeness (QED) is 0.485. The van der Waals surface area contributed by atoms with Gasteiger partial charge in [-0.15, -0.1) is 0 Å². The fraction of sp³-hybridized carbons (Fsp3) is 0.389. The van der Waals surface area contributed by atoms with Gasteiger partial charge in [0.1, 0.15) is 12.6 Å². The minimum absolute atomic E-state index is 0.0136. The van der Waals surface area contributed by atoms with Crippen LogP contribution in [0.4, 0.5) is 0 Å². The van der Waals surface area contributed by atoms with Crippen LogP contribution in [0.15, 0.2) is 24.3 Å². The van der Waals surface area contributed by atoms with Crippen LogP contribution in [0.5, 0.6) is 0 Å². The molecule has 0 bridgehead atoms. The number of rotatable bonds is 7. The number of fused-ring (bicyclic) bond motifs is 1. The summed E-state index contributed by atoms with van der Waals surface area (Å²) in [5, 5.41) is 4.92. The molecule has 1 heterocycles. The molecule has 27 heavy (non-hydrogen) atoms. The van der Waals surface area contributed by atoms with Gasteiger partial charge in [0, 0.05) is 12.1 Å². The van der Waals surface area contributed by atoms with E-state index in [1.165, 1.54) is 6.92 Å². The summed E-state index contributed by atoms with van der Waals surface area (Å²) in [6, 6.07) is 5.88. The van der Waals surface area contributed by atoms with Crippen molar-refractivity contribution in [3.63, 3.8) is 0 Å². The molecule has 144 valence electrons. The predicted molar refractivity (Wildman–Crippen MR) is 93.4 cm³/mol. The molecule has 0 spiro atoms. The molecule has 1 aromatic rings. The fourth-order valence-electron chi connectivity index (χ4n) is 2.56. The highest BCUT2D eigenvalue weighted by Gasteiger charge is 2.32. The first-order valence-corrected chi connectivity index (χ1v) is 8.48. The predicted octanol–water partition coefficient (Wildman–Crippen LogP) is -0.604. The Morgan fingerprint density at radius 3 is 2.63 bits per heavy atom. The molecule has 0 unspecified atom stereocenters. The van der Waals surface area contributed by atoms with Gasteiger partial charge in [-0.1, -0.05) is 18.2 Å². The van der Waals surface area contributed by atoms with Crippen LogP contribution in [0.2, 0.25) is 0 Å². The van der Waals surface area contributed by atoms with Crippen molar-refractivity contribution in [3.8, 4) is 0 Å². The average molecular weight is 375 g/mol. The summed E-state index contributed by atoms with van der Waals surface area (Å²) in [5.74, 6) is -3.00. The van der Waals surface area contributed by atoms with Crippen molar-refractivity contribution in [1.29, 1.82) is 0 Å². The van der Waals surface area contributed by atoms with Crippen molar-refractivity contribution >= 4 is 29.6 Å². The van der Waals surface area contributed by atoms with Crippen molar-refractivity contribution in [2.75, 3.05) is 19.7 Å². The van der Waals surface area contributed by atoms with Gasteiger partial charge < -0.3 is 15.4 Å². The Hall–Kier alpha value is -3.23. The molecule has 0 radical (unpaired) electrons. The topological polar surface area (TPSA) is 122 Å². The molecular weight excluding hydrogens is 354 g/mol. The van der Waals surface area contributed by atoms with E-state index < -0.39 is 42.9 Å². The second kappa shape index (κ2) is 8.93. The van der Waals surface area contributed by atoms with Crippen LogP contribution < -0.4 is 10.6 Å². The number of likely N-dealkylation sites (N-methyl/N-ethyl adjacent to an activating group) is 1. The summed E-state index contributed by atoms with van der Waals surface area (Å²) in [6.45, 7) is 2.47. The Labute approximate surface area is 156 Å². The van der Waals surface area contributed by atoms with Gasteiger partial charge in [-0.25, -0.2) is 0 Å². The number of carbonyl (C=O) groups excluding carboxylic acids is 5. The minimum Gasteiger partial charge on any atom is -0.454 e. The fourth-order valence-corrected chi connectivity index (χ4v) is 2.56. The van der Waals surface area contributed by atoms with Crippen molar-refractivity contribution in [3.05, 3.63) is 35.4 Å². The number of imide groups is 1. The van der Waals surface area contributed by atoms with Gasteiger partial charge in [-0.2, -0.15) is 0 Å². The van der Waals surface area contributed by atoms with Crippen molar-refractivity contribution in [2.24, 2.45) is 0 Å². The standard InChI is InChI=1S/C18H21N3O6/c1-3-19-17(25)11(2)20-14(22)10-27-16(24)9-21-15(23)8-12-6-4-5-7-13(12)18(21)26/h4-7,11H,3,8-10H2,1-2H3,(H,19,25)(H,20,22)/t11-/m1/s1. The van der Waals surface area contributed by atoms with E-state index >= 15 is 0 Å². The lowest BCUT2D eigenvalue weighted by atomic mass is 9.98. The monoisotopic (exact) mass is 375 g/mol. The van der Waals surface area contributed by atoms with Crippen LogP contribution in [0.25, 0.3) is 0 Å². The first-order chi connectivity index (χ1) is 12.8. The van der Waals surface area contributed by atoms with Gasteiger partial charge in [-0.3, -0.25) is 28.9 Å². The molecule has 9 nitrogen and oxygen atoms in total. The van der Waals surface area contributed by atoms with E-state index in [0.29, 0.717) is 17.7 Å². The third-order valence-corrected chi connectivity index (χ3v) is 3.91. The third kappa shape index (κ3) is 5.13. The van der Waals surface area contributed by atoms with Crippen LogP contribution in [0.3, 0.4) is 0 Å². The molecule has 2 N–H and O–H groups in total. The van der Waals surface area contributed by atoms with Crippen LogP contribution in [-0.2, 0) is 30.3 Å². The first kappa shape index (κ1) is 20.1. The molecule has 1 aromatic carbocycles. The summed E-state index contributed by atoms with van der Waals surface area (Å²) >= 11 is 0. The Morgan fingerprint density at radius 2 is 1.93 bits per heavy atom. The Bertz CT molecular complexity index is 776. The lowest BCUT2D eigenvalue weighted by molar-refractivity contribution is -0.151. The summed E-state index contributed by atoms with van der Waals surface area (Å²) < 4.78 is 4.80. The molecule has 1 atom stereocenters. The molecule has 9 heteroatoms. The Kier molecular flexibility index (Phi) is 6.64. The molecule has 0 saturated heterocycles. The second-order valence-electron chi connectivity index (χ2n) is 5.96. The van der Waals surface area contributed by atoms with Crippen LogP contribution in [0, 0.1) is 0 Å². The number of amides is 4. The summed E-state index contributed by atoms with van der Waals surface area (Å²) in [7, 11) is 0. The molecule has 0 aromatic heterocycles. The van der Waals surface area contributed by atoms with Crippen LogP contribution in [-0.4, -0.2) is 60.2 Å². The van der Waals surface area contributed by atoms with E-state index in [1.54, 1.807) is 31.2 Å². The molecule has 2 rings (SSSR count). The molecular formula is C18H21N3O6. The van der Waals surface area contributed by atoms with Gasteiger partial charge >= 0.3 is 5.97 Å². The summed E-state index contributed by atoms with van der Waals surface area (Å²) in [6.07, 6.45) is 0.0136. The molecule has 0 fully saturated rings. The van der Waals surface area contributed by atoms with E-state index in [-0.39, 0.29) is 12.3 Å². The molecule has 0 saturated carbocycles. The van der Waals surface area contributed by atoms with E-state index in [1.807, 2.05) is 0 Å². The number of nitrogens with zero attached hydrogens (tertiary/aromatic N) is 1. The molecule has 0 aliphatic carbocycles. The van der Waals surface area contributed by atoms with E-state index in [2.05, 4.69) is 10.6 Å². The zero-order valence-corrected chi connectivity index (χ0v) is 15.1. The summed E-state index contributed by atoms with van der Waals surface area (Å²) in [4.78, 5) is 60.4. The Morgan fingerprint density at radius 1 is 1.22 bits per heavy atom. The van der Waals surface area contributed by atoms with Crippen LogP contribution in [0.1, 0.15) is 29.8 Å². The molecule has 1 aliphatic rings. The summed E-state index contributed by atoms with van der Waals surface area (Å²) in [5.41, 5.74) is 0.967. The Balaban J connectivity index is 1.85. The number of carbonyl (C=O) groups is 5. The van der Waals surface area contributed by atoms with Crippen molar-refractivity contribution < 1.29 is 28.7 Å². The highest BCUT2D eigenvalue weighted by molar-refractivity contribution is 6.11. The van der Waals surface area contributed by atoms with E-state index in [0.717, 1.165) is 4.90 Å². The second-order valence-corrected chi connectivity index (χ2v) is 5.96. The smallest absolute Gasteiger partial charge is 0.326 e. The molecule has 1 aliphatic heterocycles. The van der Waals surface area contributed by atoms with E-state index in [9.17, 15) is 24.0 Å².